The van der Waals surface area contributed by atoms with Crippen molar-refractivity contribution in [1.29, 1.82) is 0 Å². The first-order valence-corrected chi connectivity index (χ1v) is 14.8. The van der Waals surface area contributed by atoms with Crippen LogP contribution in [0, 0.1) is 0 Å². The van der Waals surface area contributed by atoms with Gasteiger partial charge in [-0.15, -0.1) is 0 Å². The van der Waals surface area contributed by atoms with Gasteiger partial charge in [-0.1, -0.05) is 6.07 Å². The molecule has 8 fully saturated rings. The molecule has 9 heterocycles. The number of hydrogen-bond donors (Lipinski definition) is 0. The third-order valence-corrected chi connectivity index (χ3v) is 11.4. The van der Waals surface area contributed by atoms with Crippen molar-refractivity contribution in [3.63, 3.8) is 0 Å². The van der Waals surface area contributed by atoms with Crippen LogP contribution in [-0.4, -0.2) is 170 Å². The average Bonchev–Trinajstić information content (AvgIpc) is 3.65. The fourth-order valence-corrected chi connectivity index (χ4v) is 9.62. The summed E-state index contributed by atoms with van der Waals surface area (Å²) in [5, 5.41) is 0. The van der Waals surface area contributed by atoms with Gasteiger partial charge in [0.05, 0.1) is 63.7 Å². The Morgan fingerprint density at radius 1 is 0.575 bits per heavy atom. The SMILES string of the molecule is O=C1C(=O)N2CC[N+]3(Cc4cccc(C[N+]56CCN7CCN8C(=O)C(=O)N(CC5)C8C76)n4)CCN4CCN1C2C43. The summed E-state index contributed by atoms with van der Waals surface area (Å²) < 4.78 is 1.70. The minimum Gasteiger partial charge on any atom is -0.306 e. The molecule has 0 radical (unpaired) electrons. The van der Waals surface area contributed by atoms with Crippen molar-refractivity contribution in [1.82, 2.24) is 34.4 Å². The zero-order valence-electron chi connectivity index (χ0n) is 22.6. The lowest BCUT2D eigenvalue weighted by Gasteiger charge is -2.53. The molecular formula is C27H35N9O4+2. The second kappa shape index (κ2) is 7.78. The summed E-state index contributed by atoms with van der Waals surface area (Å²) in [6.45, 7) is 11.3. The highest BCUT2D eigenvalue weighted by Crippen LogP contribution is 2.42. The van der Waals surface area contributed by atoms with E-state index in [9.17, 15) is 19.2 Å². The molecule has 1 aromatic heterocycles. The Bertz CT molecular complexity index is 1240. The molecule has 0 aliphatic carbocycles. The molecule has 13 nitrogen and oxygen atoms in total. The zero-order chi connectivity index (χ0) is 27.0. The summed E-state index contributed by atoms with van der Waals surface area (Å²) in [6.07, 6.45) is -0.110. The van der Waals surface area contributed by atoms with Gasteiger partial charge in [0.2, 0.25) is 0 Å². The van der Waals surface area contributed by atoms with Crippen LogP contribution < -0.4 is 0 Å². The molecule has 210 valence electrons. The van der Waals surface area contributed by atoms with Gasteiger partial charge in [0, 0.05) is 26.2 Å². The predicted molar refractivity (Wildman–Crippen MR) is 137 cm³/mol. The van der Waals surface area contributed by atoms with Gasteiger partial charge >= 0.3 is 23.6 Å². The highest BCUT2D eigenvalue weighted by molar-refractivity contribution is 6.37. The Kier molecular flexibility index (Phi) is 4.58. The van der Waals surface area contributed by atoms with E-state index in [0.717, 1.165) is 85.8 Å². The molecule has 4 amide bonds. The number of pyridine rings is 1. The molecular weight excluding hydrogens is 514 g/mol. The Hall–Kier alpha value is -3.13. The molecule has 6 atom stereocenters. The molecule has 9 rings (SSSR count). The summed E-state index contributed by atoms with van der Waals surface area (Å²) >= 11 is 0. The van der Waals surface area contributed by atoms with E-state index in [4.69, 9.17) is 4.98 Å². The summed E-state index contributed by atoms with van der Waals surface area (Å²) in [7, 11) is 0. The smallest absolute Gasteiger partial charge is 0.306 e. The van der Waals surface area contributed by atoms with E-state index in [1.165, 1.54) is 0 Å². The summed E-state index contributed by atoms with van der Waals surface area (Å²) in [6, 6.07) is 6.37. The van der Waals surface area contributed by atoms with Crippen molar-refractivity contribution in [2.24, 2.45) is 0 Å². The quantitative estimate of drug-likeness (QED) is 0.293. The van der Waals surface area contributed by atoms with Crippen molar-refractivity contribution in [3.8, 4) is 0 Å². The first kappa shape index (κ1) is 23.6. The average molecular weight is 550 g/mol. The van der Waals surface area contributed by atoms with Crippen LogP contribution >= 0.6 is 0 Å². The van der Waals surface area contributed by atoms with Crippen molar-refractivity contribution >= 4 is 23.6 Å². The predicted octanol–water partition coefficient (Wildman–Crippen LogP) is -2.95. The number of piperazine rings is 4. The normalized spacial score (nSPS) is 40.0. The number of hydrogen-bond acceptors (Lipinski definition) is 7. The summed E-state index contributed by atoms with van der Waals surface area (Å²) in [4.78, 5) is 68.3. The van der Waals surface area contributed by atoms with E-state index in [-0.39, 0.29) is 48.3 Å². The number of nitrogens with zero attached hydrogens (tertiary/aromatic N) is 9. The fourth-order valence-electron chi connectivity index (χ4n) is 9.62. The highest BCUT2D eigenvalue weighted by atomic mass is 16.2. The lowest BCUT2D eigenvalue weighted by atomic mass is 10.1. The first-order chi connectivity index (χ1) is 19.4. The maximum atomic E-state index is 12.7. The second-order valence-corrected chi connectivity index (χ2v) is 13.0. The van der Waals surface area contributed by atoms with E-state index < -0.39 is 0 Å². The third-order valence-electron chi connectivity index (χ3n) is 11.4. The molecule has 0 N–H and O–H groups in total. The highest BCUT2D eigenvalue weighted by Gasteiger charge is 2.66. The number of rotatable bonds is 4. The first-order valence-electron chi connectivity index (χ1n) is 14.8. The van der Waals surface area contributed by atoms with E-state index in [1.54, 1.807) is 0 Å². The molecule has 0 bridgehead atoms. The van der Waals surface area contributed by atoms with Crippen LogP contribution in [-0.2, 0) is 32.3 Å². The molecule has 0 saturated carbocycles. The van der Waals surface area contributed by atoms with Gasteiger partial charge in [-0.3, -0.25) is 28.1 Å². The van der Waals surface area contributed by atoms with Crippen LogP contribution in [0.1, 0.15) is 11.4 Å². The van der Waals surface area contributed by atoms with Gasteiger partial charge in [0.15, 0.2) is 24.7 Å². The molecule has 1 aromatic rings. The Labute approximate surface area is 232 Å². The molecule has 0 spiro atoms. The van der Waals surface area contributed by atoms with Crippen LogP contribution in [0.5, 0.6) is 0 Å². The number of amides is 4. The van der Waals surface area contributed by atoms with E-state index in [1.807, 2.05) is 19.6 Å². The molecule has 40 heavy (non-hydrogen) atoms. The van der Waals surface area contributed by atoms with E-state index in [0.29, 0.717) is 26.2 Å². The summed E-state index contributed by atoms with van der Waals surface area (Å²) in [5.41, 5.74) is 2.12. The number of aromatic nitrogens is 1. The topological polar surface area (TPSA) is 101 Å². The Morgan fingerprint density at radius 2 is 0.975 bits per heavy atom. The van der Waals surface area contributed by atoms with Crippen molar-refractivity contribution in [2.75, 3.05) is 78.5 Å². The fraction of sp³-hybridized carbons (Fsp3) is 0.667. The molecule has 8 aliphatic rings. The Morgan fingerprint density at radius 3 is 1.43 bits per heavy atom. The van der Waals surface area contributed by atoms with Crippen LogP contribution in [0.4, 0.5) is 0 Å². The number of quaternary nitrogens is 2. The van der Waals surface area contributed by atoms with Gasteiger partial charge < -0.3 is 19.6 Å². The van der Waals surface area contributed by atoms with Gasteiger partial charge in [-0.05, 0) is 12.1 Å². The lowest BCUT2D eigenvalue weighted by molar-refractivity contribution is -0.966. The van der Waals surface area contributed by atoms with E-state index in [2.05, 4.69) is 28.0 Å². The number of carbonyl (C=O) groups excluding carboxylic acids is 4. The van der Waals surface area contributed by atoms with Gasteiger partial charge in [0.1, 0.15) is 13.1 Å². The van der Waals surface area contributed by atoms with Crippen molar-refractivity contribution in [3.05, 3.63) is 29.6 Å². The minimum atomic E-state index is -0.336. The van der Waals surface area contributed by atoms with Gasteiger partial charge in [-0.25, -0.2) is 14.8 Å². The van der Waals surface area contributed by atoms with Crippen molar-refractivity contribution in [2.45, 2.75) is 37.8 Å². The Balaban J connectivity index is 1.00. The van der Waals surface area contributed by atoms with Crippen LogP contribution in [0.3, 0.4) is 0 Å². The maximum Gasteiger partial charge on any atom is 0.314 e. The summed E-state index contributed by atoms with van der Waals surface area (Å²) in [5.74, 6) is -1.34. The monoisotopic (exact) mass is 549 g/mol. The van der Waals surface area contributed by atoms with Crippen LogP contribution in [0.15, 0.2) is 18.2 Å². The van der Waals surface area contributed by atoms with Crippen LogP contribution in [0.25, 0.3) is 0 Å². The molecule has 0 aromatic carbocycles. The van der Waals surface area contributed by atoms with E-state index >= 15 is 0 Å². The molecule has 13 heteroatoms. The largest absolute Gasteiger partial charge is 0.314 e. The second-order valence-electron chi connectivity index (χ2n) is 13.0. The number of carbonyl (C=O) groups is 4. The zero-order valence-corrected chi connectivity index (χ0v) is 22.6. The minimum absolute atomic E-state index is 0.108. The van der Waals surface area contributed by atoms with Gasteiger partial charge in [0.25, 0.3) is 0 Å². The standard InChI is InChI=1S/C27H35N9O4/c37-24-26(39)33-10-14-35(12-8-29-4-6-31(24)20(33)22(29)35)16-18-2-1-3-19(28-18)17-36-13-9-30-5-7-32-21(23(30)36)34(11-15-36)27(40)25(32)38/h1-3,20-23H,4-17H2/q+2. The maximum absolute atomic E-state index is 12.7. The molecule has 8 saturated heterocycles. The van der Waals surface area contributed by atoms with Gasteiger partial charge in [-0.2, -0.15) is 0 Å². The molecule has 6 unspecified atom stereocenters. The molecule has 8 aliphatic heterocycles. The van der Waals surface area contributed by atoms with Crippen LogP contribution in [0.2, 0.25) is 0 Å². The third kappa shape index (κ3) is 2.83. The lowest BCUT2D eigenvalue weighted by Crippen LogP contribution is -2.73. The van der Waals surface area contributed by atoms with Crippen molar-refractivity contribution < 1.29 is 28.1 Å².